The van der Waals surface area contributed by atoms with Gasteiger partial charge in [0.2, 0.25) is 0 Å². The van der Waals surface area contributed by atoms with E-state index in [4.69, 9.17) is 9.47 Å². The highest BCUT2D eigenvalue weighted by Crippen LogP contribution is 2.30. The Bertz CT molecular complexity index is 323. The summed E-state index contributed by atoms with van der Waals surface area (Å²) in [6, 6.07) is 0. The lowest BCUT2D eigenvalue weighted by molar-refractivity contribution is -0.182. The summed E-state index contributed by atoms with van der Waals surface area (Å²) < 4.78 is 11.5. The van der Waals surface area contributed by atoms with Gasteiger partial charge < -0.3 is 9.47 Å². The van der Waals surface area contributed by atoms with Gasteiger partial charge in [-0.25, -0.2) is 0 Å². The number of carbonyl (C=O) groups is 1. The van der Waals surface area contributed by atoms with Gasteiger partial charge in [-0.1, -0.05) is 6.42 Å². The van der Waals surface area contributed by atoms with Crippen molar-refractivity contribution in [3.63, 3.8) is 0 Å². The maximum absolute atomic E-state index is 12.3. The van der Waals surface area contributed by atoms with Crippen LogP contribution in [-0.2, 0) is 14.3 Å². The summed E-state index contributed by atoms with van der Waals surface area (Å²) in [5.74, 6) is -0.0867. The maximum atomic E-state index is 12.3. The average molecular weight is 283 g/mol. The zero-order valence-electron chi connectivity index (χ0n) is 13.2. The molecule has 0 unspecified atom stereocenters. The Morgan fingerprint density at radius 3 is 2.30 bits per heavy atom. The molecular weight excluding hydrogens is 254 g/mol. The molecule has 0 saturated carbocycles. The van der Waals surface area contributed by atoms with E-state index in [9.17, 15) is 4.79 Å². The Morgan fingerprint density at radius 2 is 1.75 bits per heavy atom. The normalized spacial score (nSPS) is 24.4. The van der Waals surface area contributed by atoms with Gasteiger partial charge in [0.15, 0.2) is 0 Å². The Balaban J connectivity index is 2.02. The minimum atomic E-state index is -0.437. The molecule has 20 heavy (non-hydrogen) atoms. The second-order valence-electron chi connectivity index (χ2n) is 7.27. The van der Waals surface area contributed by atoms with Crippen molar-refractivity contribution in [3.8, 4) is 0 Å². The van der Waals surface area contributed by atoms with Crippen LogP contribution in [0.2, 0.25) is 0 Å². The van der Waals surface area contributed by atoms with Crippen LogP contribution in [0.5, 0.6) is 0 Å². The zero-order valence-corrected chi connectivity index (χ0v) is 13.2. The van der Waals surface area contributed by atoms with Gasteiger partial charge in [-0.15, -0.1) is 0 Å². The van der Waals surface area contributed by atoms with E-state index in [0.29, 0.717) is 13.2 Å². The number of piperidine rings is 1. The monoisotopic (exact) mass is 283 g/mol. The molecule has 2 aliphatic heterocycles. The van der Waals surface area contributed by atoms with Crippen molar-refractivity contribution in [3.05, 3.63) is 0 Å². The molecule has 4 nitrogen and oxygen atoms in total. The van der Waals surface area contributed by atoms with Gasteiger partial charge in [-0.2, -0.15) is 0 Å². The standard InChI is InChI=1S/C16H29NO3/c1-15(2,3)14(18)20-16(7-11-19-12-8-16)13-17-9-5-4-6-10-17/h4-13H2,1-3H3. The molecule has 0 aromatic heterocycles. The number of hydrogen-bond acceptors (Lipinski definition) is 4. The summed E-state index contributed by atoms with van der Waals surface area (Å²) in [5, 5.41) is 0. The first kappa shape index (κ1) is 15.8. The first-order valence-corrected chi connectivity index (χ1v) is 7.95. The lowest BCUT2D eigenvalue weighted by atomic mass is 9.90. The third-order valence-electron chi connectivity index (χ3n) is 4.29. The first-order chi connectivity index (χ1) is 9.41. The number of nitrogens with zero attached hydrogens (tertiary/aromatic N) is 1. The first-order valence-electron chi connectivity index (χ1n) is 7.95. The van der Waals surface area contributed by atoms with Crippen LogP contribution in [0.15, 0.2) is 0 Å². The Kier molecular flexibility index (Phi) is 5.08. The van der Waals surface area contributed by atoms with E-state index in [1.807, 2.05) is 20.8 Å². The van der Waals surface area contributed by atoms with Gasteiger partial charge in [-0.05, 0) is 46.7 Å². The molecule has 2 heterocycles. The maximum Gasteiger partial charge on any atom is 0.311 e. The van der Waals surface area contributed by atoms with Crippen LogP contribution in [0.25, 0.3) is 0 Å². The molecule has 0 radical (unpaired) electrons. The molecule has 2 saturated heterocycles. The molecule has 0 spiro atoms. The van der Waals surface area contributed by atoms with Crippen molar-refractivity contribution in [1.82, 2.24) is 4.90 Å². The van der Waals surface area contributed by atoms with Gasteiger partial charge in [0.1, 0.15) is 5.60 Å². The molecule has 2 fully saturated rings. The summed E-state index contributed by atoms with van der Waals surface area (Å²) in [6.07, 6.45) is 5.50. The second-order valence-corrected chi connectivity index (χ2v) is 7.27. The molecule has 0 atom stereocenters. The van der Waals surface area contributed by atoms with Gasteiger partial charge in [0, 0.05) is 19.4 Å². The fourth-order valence-electron chi connectivity index (χ4n) is 2.91. The van der Waals surface area contributed by atoms with Crippen LogP contribution in [-0.4, -0.2) is 49.3 Å². The topological polar surface area (TPSA) is 38.8 Å². The molecule has 0 aliphatic carbocycles. The minimum absolute atomic E-state index is 0.0867. The molecular formula is C16H29NO3. The molecule has 116 valence electrons. The van der Waals surface area contributed by atoms with Crippen molar-refractivity contribution in [2.45, 2.75) is 58.5 Å². The number of hydrogen-bond donors (Lipinski definition) is 0. The van der Waals surface area contributed by atoms with E-state index in [-0.39, 0.29) is 11.6 Å². The Hall–Kier alpha value is -0.610. The van der Waals surface area contributed by atoms with Gasteiger partial charge >= 0.3 is 5.97 Å². The molecule has 4 heteroatoms. The zero-order chi connectivity index (χ0) is 14.6. The predicted molar refractivity (Wildman–Crippen MR) is 78.6 cm³/mol. The molecule has 0 amide bonds. The molecule has 0 N–H and O–H groups in total. The summed E-state index contributed by atoms with van der Waals surface area (Å²) in [5.41, 5.74) is -0.771. The summed E-state index contributed by atoms with van der Waals surface area (Å²) in [7, 11) is 0. The minimum Gasteiger partial charge on any atom is -0.457 e. The number of carbonyl (C=O) groups excluding carboxylic acids is 1. The van der Waals surface area contributed by atoms with Crippen LogP contribution in [0.4, 0.5) is 0 Å². The average Bonchev–Trinajstić information content (AvgIpc) is 2.39. The van der Waals surface area contributed by atoms with E-state index in [1.54, 1.807) is 0 Å². The van der Waals surface area contributed by atoms with Crippen molar-refractivity contribution < 1.29 is 14.3 Å². The third kappa shape index (κ3) is 4.19. The van der Waals surface area contributed by atoms with E-state index >= 15 is 0 Å². The molecule has 0 bridgehead atoms. The number of ether oxygens (including phenoxy) is 2. The van der Waals surface area contributed by atoms with Crippen LogP contribution >= 0.6 is 0 Å². The van der Waals surface area contributed by atoms with Gasteiger partial charge in [-0.3, -0.25) is 9.69 Å². The Morgan fingerprint density at radius 1 is 1.15 bits per heavy atom. The number of esters is 1. The fraction of sp³-hybridized carbons (Fsp3) is 0.938. The van der Waals surface area contributed by atoms with E-state index in [1.165, 1.54) is 19.3 Å². The highest BCUT2D eigenvalue weighted by atomic mass is 16.6. The van der Waals surface area contributed by atoms with Crippen molar-refractivity contribution in [2.24, 2.45) is 5.41 Å². The van der Waals surface area contributed by atoms with E-state index in [2.05, 4.69) is 4.90 Å². The lowest BCUT2D eigenvalue weighted by Gasteiger charge is -2.42. The van der Waals surface area contributed by atoms with Crippen LogP contribution in [0, 0.1) is 5.41 Å². The van der Waals surface area contributed by atoms with Gasteiger partial charge in [0.05, 0.1) is 18.6 Å². The number of likely N-dealkylation sites (tertiary alicyclic amines) is 1. The SMILES string of the molecule is CC(C)(C)C(=O)OC1(CN2CCCCC2)CCOCC1. The highest BCUT2D eigenvalue weighted by molar-refractivity contribution is 5.75. The summed E-state index contributed by atoms with van der Waals surface area (Å²) in [4.78, 5) is 14.8. The lowest BCUT2D eigenvalue weighted by Crippen LogP contribution is -2.52. The third-order valence-corrected chi connectivity index (χ3v) is 4.29. The van der Waals surface area contributed by atoms with E-state index in [0.717, 1.165) is 32.5 Å². The molecule has 0 aromatic carbocycles. The van der Waals surface area contributed by atoms with Gasteiger partial charge in [0.25, 0.3) is 0 Å². The van der Waals surface area contributed by atoms with Crippen molar-refractivity contribution in [1.29, 1.82) is 0 Å². The summed E-state index contributed by atoms with van der Waals surface area (Å²) in [6.45, 7) is 10.3. The Labute approximate surface area is 122 Å². The van der Waals surface area contributed by atoms with Crippen LogP contribution in [0.1, 0.15) is 52.9 Å². The second kappa shape index (κ2) is 6.44. The largest absolute Gasteiger partial charge is 0.457 e. The quantitative estimate of drug-likeness (QED) is 0.746. The molecule has 2 rings (SSSR count). The molecule has 2 aliphatic rings. The number of rotatable bonds is 3. The van der Waals surface area contributed by atoms with E-state index < -0.39 is 5.41 Å². The van der Waals surface area contributed by atoms with Crippen LogP contribution < -0.4 is 0 Å². The highest BCUT2D eigenvalue weighted by Gasteiger charge is 2.40. The summed E-state index contributed by atoms with van der Waals surface area (Å²) >= 11 is 0. The predicted octanol–water partition coefficient (Wildman–Crippen LogP) is 2.61. The molecule has 0 aromatic rings. The van der Waals surface area contributed by atoms with Crippen LogP contribution in [0.3, 0.4) is 0 Å². The van der Waals surface area contributed by atoms with Crippen molar-refractivity contribution in [2.75, 3.05) is 32.8 Å². The smallest absolute Gasteiger partial charge is 0.311 e. The van der Waals surface area contributed by atoms with Crippen molar-refractivity contribution >= 4 is 5.97 Å². The fourth-order valence-corrected chi connectivity index (χ4v) is 2.91.